The highest BCUT2D eigenvalue weighted by Crippen LogP contribution is 2.15. The molecule has 0 N–H and O–H groups in total. The molecule has 0 aliphatic rings. The van der Waals surface area contributed by atoms with E-state index in [1.165, 1.54) is 16.8 Å². The van der Waals surface area contributed by atoms with Gasteiger partial charge in [-0.3, -0.25) is 0 Å². The van der Waals surface area contributed by atoms with Gasteiger partial charge in [0.05, 0.1) is 0 Å². The largest absolute Gasteiger partial charge is 0.332 e. The van der Waals surface area contributed by atoms with E-state index in [9.17, 15) is 5.26 Å². The summed E-state index contributed by atoms with van der Waals surface area (Å²) in [7, 11) is 0. The molecule has 0 radical (unpaired) electrons. The molecule has 0 unspecified atom stereocenters. The smallest absolute Gasteiger partial charge is 0.120 e. The topological polar surface area (TPSA) is 28.7 Å². The Morgan fingerprint density at radius 2 is 1.36 bits per heavy atom. The van der Waals surface area contributed by atoms with E-state index in [0.717, 1.165) is 25.1 Å². The molecule has 108 valence electrons. The van der Waals surface area contributed by atoms with Crippen LogP contribution in [0.15, 0.2) is 72.8 Å². The Hall–Kier alpha value is -2.79. The van der Waals surface area contributed by atoms with Gasteiger partial charge in [0, 0.05) is 12.2 Å². The second kappa shape index (κ2) is 6.78. The summed E-state index contributed by atoms with van der Waals surface area (Å²) in [6.07, 6.45) is 1.93. The van der Waals surface area contributed by atoms with Gasteiger partial charge < -0.3 is 4.57 Å². The van der Waals surface area contributed by atoms with Crippen LogP contribution in [0.5, 0.6) is 0 Å². The summed E-state index contributed by atoms with van der Waals surface area (Å²) in [5, 5.41) is 9.32. The molecule has 0 atom stereocenters. The predicted octanol–water partition coefficient (Wildman–Crippen LogP) is 4.19. The van der Waals surface area contributed by atoms with Crippen LogP contribution in [0.25, 0.3) is 0 Å². The minimum atomic E-state index is 0.729. The lowest BCUT2D eigenvalue weighted by Crippen LogP contribution is -2.07. The van der Waals surface area contributed by atoms with E-state index in [1.807, 2.05) is 30.3 Å². The predicted molar refractivity (Wildman–Crippen MR) is 88.5 cm³/mol. The summed E-state index contributed by atoms with van der Waals surface area (Å²) >= 11 is 0. The molecule has 2 nitrogen and oxygen atoms in total. The van der Waals surface area contributed by atoms with Gasteiger partial charge in [0.25, 0.3) is 0 Å². The standard InChI is InChI=1S/C20H18N2/c21-15-20-14-13-19(12-11-17-7-3-1-4-8-17)22(20)16-18-9-5-2-6-10-18/h1-10,13-14H,11-12,16H2. The van der Waals surface area contributed by atoms with Crippen molar-refractivity contribution in [1.29, 1.82) is 5.26 Å². The van der Waals surface area contributed by atoms with E-state index in [0.29, 0.717) is 0 Å². The number of nitriles is 1. The monoisotopic (exact) mass is 286 g/mol. The normalized spacial score (nSPS) is 10.3. The van der Waals surface area contributed by atoms with E-state index < -0.39 is 0 Å². The maximum Gasteiger partial charge on any atom is 0.120 e. The van der Waals surface area contributed by atoms with Crippen molar-refractivity contribution in [3.05, 3.63) is 95.3 Å². The van der Waals surface area contributed by atoms with Gasteiger partial charge in [-0.05, 0) is 36.1 Å². The molecule has 22 heavy (non-hydrogen) atoms. The molecule has 1 heterocycles. The maximum absolute atomic E-state index is 9.32. The molecule has 3 rings (SSSR count). The van der Waals surface area contributed by atoms with E-state index >= 15 is 0 Å². The summed E-state index contributed by atoms with van der Waals surface area (Å²) in [6, 6.07) is 27.0. The van der Waals surface area contributed by atoms with Crippen molar-refractivity contribution in [2.45, 2.75) is 19.4 Å². The van der Waals surface area contributed by atoms with Gasteiger partial charge in [-0.25, -0.2) is 0 Å². The summed E-state index contributed by atoms with van der Waals surface area (Å²) in [5.41, 5.74) is 4.49. The van der Waals surface area contributed by atoms with Crippen LogP contribution < -0.4 is 0 Å². The zero-order valence-corrected chi connectivity index (χ0v) is 12.4. The van der Waals surface area contributed by atoms with Gasteiger partial charge in [-0.2, -0.15) is 5.26 Å². The number of benzene rings is 2. The molecule has 0 aliphatic carbocycles. The molecule has 0 fully saturated rings. The summed E-state index contributed by atoms with van der Waals surface area (Å²) in [6.45, 7) is 0.751. The highest BCUT2D eigenvalue weighted by molar-refractivity contribution is 5.30. The van der Waals surface area contributed by atoms with Crippen LogP contribution in [0.4, 0.5) is 0 Å². The summed E-state index contributed by atoms with van der Waals surface area (Å²) in [5.74, 6) is 0. The van der Waals surface area contributed by atoms with Crippen molar-refractivity contribution in [3.8, 4) is 6.07 Å². The first-order chi connectivity index (χ1) is 10.9. The Bertz CT molecular complexity index is 764. The molecule has 0 saturated carbocycles. The van der Waals surface area contributed by atoms with Gasteiger partial charge in [-0.1, -0.05) is 60.7 Å². The molecular weight excluding hydrogens is 268 g/mol. The third kappa shape index (κ3) is 3.27. The first kappa shape index (κ1) is 14.2. The lowest BCUT2D eigenvalue weighted by atomic mass is 10.1. The first-order valence-corrected chi connectivity index (χ1v) is 7.53. The van der Waals surface area contributed by atoms with Gasteiger partial charge >= 0.3 is 0 Å². The van der Waals surface area contributed by atoms with Gasteiger partial charge in [0.15, 0.2) is 0 Å². The minimum Gasteiger partial charge on any atom is -0.332 e. The Morgan fingerprint density at radius 3 is 2.00 bits per heavy atom. The SMILES string of the molecule is N#Cc1ccc(CCc2ccccc2)n1Cc1ccccc1. The van der Waals surface area contributed by atoms with Crippen LogP contribution >= 0.6 is 0 Å². The Balaban J connectivity index is 1.80. The molecule has 0 spiro atoms. The second-order valence-electron chi connectivity index (χ2n) is 5.38. The van der Waals surface area contributed by atoms with E-state index in [2.05, 4.69) is 53.1 Å². The average molecular weight is 286 g/mol. The summed E-state index contributed by atoms with van der Waals surface area (Å²) < 4.78 is 2.12. The Morgan fingerprint density at radius 1 is 0.727 bits per heavy atom. The van der Waals surface area contributed by atoms with Crippen LogP contribution in [0, 0.1) is 11.3 Å². The van der Waals surface area contributed by atoms with Crippen LogP contribution in [-0.2, 0) is 19.4 Å². The molecule has 2 heteroatoms. The summed E-state index contributed by atoms with van der Waals surface area (Å²) in [4.78, 5) is 0. The van der Waals surface area contributed by atoms with Crippen molar-refractivity contribution in [2.24, 2.45) is 0 Å². The van der Waals surface area contributed by atoms with Crippen molar-refractivity contribution in [1.82, 2.24) is 4.57 Å². The van der Waals surface area contributed by atoms with Crippen LogP contribution in [0.3, 0.4) is 0 Å². The Kier molecular flexibility index (Phi) is 4.36. The first-order valence-electron chi connectivity index (χ1n) is 7.53. The second-order valence-corrected chi connectivity index (χ2v) is 5.38. The minimum absolute atomic E-state index is 0.729. The number of rotatable bonds is 5. The average Bonchev–Trinajstić information content (AvgIpc) is 2.97. The van der Waals surface area contributed by atoms with Crippen LogP contribution in [0.1, 0.15) is 22.5 Å². The maximum atomic E-state index is 9.32. The van der Waals surface area contributed by atoms with Crippen molar-refractivity contribution in [2.75, 3.05) is 0 Å². The fourth-order valence-electron chi connectivity index (χ4n) is 2.70. The van der Waals surface area contributed by atoms with Crippen LogP contribution in [0.2, 0.25) is 0 Å². The molecule has 0 bridgehead atoms. The van der Waals surface area contributed by atoms with E-state index in [-0.39, 0.29) is 0 Å². The quantitative estimate of drug-likeness (QED) is 0.691. The highest BCUT2D eigenvalue weighted by atomic mass is 15.0. The molecule has 0 amide bonds. The van der Waals surface area contributed by atoms with Gasteiger partial charge in [0.2, 0.25) is 0 Å². The van der Waals surface area contributed by atoms with Crippen molar-refractivity contribution >= 4 is 0 Å². The molecule has 1 aromatic heterocycles. The van der Waals surface area contributed by atoms with Crippen molar-refractivity contribution < 1.29 is 0 Å². The number of aromatic nitrogens is 1. The lowest BCUT2D eigenvalue weighted by Gasteiger charge is -2.11. The molecular formula is C20H18N2. The highest BCUT2D eigenvalue weighted by Gasteiger charge is 2.08. The molecule has 0 aliphatic heterocycles. The van der Waals surface area contributed by atoms with Crippen molar-refractivity contribution in [3.63, 3.8) is 0 Å². The van der Waals surface area contributed by atoms with E-state index in [4.69, 9.17) is 0 Å². The van der Waals surface area contributed by atoms with Crippen LogP contribution in [-0.4, -0.2) is 4.57 Å². The number of hydrogen-bond donors (Lipinski definition) is 0. The molecule has 2 aromatic carbocycles. The van der Waals surface area contributed by atoms with Gasteiger partial charge in [-0.15, -0.1) is 0 Å². The number of hydrogen-bond acceptors (Lipinski definition) is 1. The number of nitrogens with zero attached hydrogens (tertiary/aromatic N) is 2. The van der Waals surface area contributed by atoms with Gasteiger partial charge in [0.1, 0.15) is 11.8 Å². The number of aryl methyl sites for hydroxylation is 2. The zero-order valence-electron chi connectivity index (χ0n) is 12.4. The third-order valence-electron chi connectivity index (χ3n) is 3.88. The third-order valence-corrected chi connectivity index (χ3v) is 3.88. The molecule has 3 aromatic rings. The van der Waals surface area contributed by atoms with E-state index in [1.54, 1.807) is 0 Å². The zero-order chi connectivity index (χ0) is 15.2. The Labute approximate surface area is 131 Å². The fourth-order valence-corrected chi connectivity index (χ4v) is 2.70. The fraction of sp³-hybridized carbons (Fsp3) is 0.150. The lowest BCUT2D eigenvalue weighted by molar-refractivity contribution is 0.724. The molecule has 0 saturated heterocycles.